The summed E-state index contributed by atoms with van der Waals surface area (Å²) in [6.07, 6.45) is 4.63. The van der Waals surface area contributed by atoms with E-state index in [0.717, 1.165) is 30.0 Å². The molecule has 2 aliphatic rings. The van der Waals surface area contributed by atoms with E-state index in [1.165, 1.54) is 12.8 Å². The summed E-state index contributed by atoms with van der Waals surface area (Å²) in [5.74, 6) is 1.54. The number of carbonyl (C=O) groups is 1. The van der Waals surface area contributed by atoms with Gasteiger partial charge in [0.2, 0.25) is 5.91 Å². The van der Waals surface area contributed by atoms with Crippen LogP contribution in [-0.4, -0.2) is 31.2 Å². The molecule has 0 saturated heterocycles. The van der Waals surface area contributed by atoms with Gasteiger partial charge in [-0.2, -0.15) is 0 Å². The maximum atomic E-state index is 12.2. The molecule has 0 radical (unpaired) electrons. The van der Waals surface area contributed by atoms with Crippen LogP contribution in [0.5, 0.6) is 11.5 Å². The van der Waals surface area contributed by atoms with Gasteiger partial charge < -0.3 is 20.1 Å². The Hall–Kier alpha value is -1.91. The molecule has 1 unspecified atom stereocenters. The van der Waals surface area contributed by atoms with Crippen molar-refractivity contribution in [1.29, 1.82) is 0 Å². The van der Waals surface area contributed by atoms with Gasteiger partial charge in [0.05, 0.1) is 0 Å². The van der Waals surface area contributed by atoms with Gasteiger partial charge in [0.25, 0.3) is 0 Å². The lowest BCUT2D eigenvalue weighted by atomic mass is 10.2. The lowest BCUT2D eigenvalue weighted by Crippen LogP contribution is -2.42. The molecule has 3 rings (SSSR count). The molecule has 1 aliphatic heterocycles. The van der Waals surface area contributed by atoms with Gasteiger partial charge in [0.1, 0.15) is 19.3 Å². The summed E-state index contributed by atoms with van der Waals surface area (Å²) in [4.78, 5) is 12.2. The third-order valence-corrected chi connectivity index (χ3v) is 4.02. The van der Waals surface area contributed by atoms with Crippen LogP contribution in [0.4, 0.5) is 5.69 Å². The standard InChI is InChI=1S/C16H22N2O3/c1-11(16(19)18-12-4-2-3-5-12)17-13-6-7-14-15(10-13)21-9-8-20-14/h6-7,10-12,17H,2-5,8-9H2,1H3,(H,18,19). The molecule has 1 amide bonds. The summed E-state index contributed by atoms with van der Waals surface area (Å²) in [6, 6.07) is 5.74. The van der Waals surface area contributed by atoms with E-state index in [-0.39, 0.29) is 11.9 Å². The van der Waals surface area contributed by atoms with Crippen LogP contribution < -0.4 is 20.1 Å². The summed E-state index contributed by atoms with van der Waals surface area (Å²) in [5, 5.41) is 6.32. The first kappa shape index (κ1) is 14.0. The van der Waals surface area contributed by atoms with E-state index in [1.807, 2.05) is 25.1 Å². The van der Waals surface area contributed by atoms with Crippen molar-refractivity contribution < 1.29 is 14.3 Å². The largest absolute Gasteiger partial charge is 0.486 e. The second-order valence-corrected chi connectivity index (χ2v) is 5.71. The highest BCUT2D eigenvalue weighted by Crippen LogP contribution is 2.32. The first-order valence-electron chi connectivity index (χ1n) is 7.69. The molecule has 21 heavy (non-hydrogen) atoms. The zero-order chi connectivity index (χ0) is 14.7. The third-order valence-electron chi connectivity index (χ3n) is 4.02. The Labute approximate surface area is 125 Å². The van der Waals surface area contributed by atoms with E-state index in [0.29, 0.717) is 19.3 Å². The van der Waals surface area contributed by atoms with Gasteiger partial charge in [-0.3, -0.25) is 4.79 Å². The van der Waals surface area contributed by atoms with E-state index in [4.69, 9.17) is 9.47 Å². The van der Waals surface area contributed by atoms with Crippen LogP contribution in [0.15, 0.2) is 18.2 Å². The Morgan fingerprint density at radius 1 is 1.19 bits per heavy atom. The van der Waals surface area contributed by atoms with Crippen molar-refractivity contribution in [2.45, 2.75) is 44.7 Å². The first-order chi connectivity index (χ1) is 10.2. The van der Waals surface area contributed by atoms with E-state index < -0.39 is 0 Å². The molecule has 2 N–H and O–H groups in total. The number of benzene rings is 1. The average molecular weight is 290 g/mol. The van der Waals surface area contributed by atoms with Gasteiger partial charge in [-0.15, -0.1) is 0 Å². The number of nitrogens with one attached hydrogen (secondary N) is 2. The van der Waals surface area contributed by atoms with Crippen LogP contribution >= 0.6 is 0 Å². The minimum absolute atomic E-state index is 0.0526. The molecule has 5 heteroatoms. The maximum absolute atomic E-state index is 12.2. The van der Waals surface area contributed by atoms with Crippen LogP contribution in [0.2, 0.25) is 0 Å². The lowest BCUT2D eigenvalue weighted by molar-refractivity contribution is -0.122. The Morgan fingerprint density at radius 3 is 2.67 bits per heavy atom. The fourth-order valence-corrected chi connectivity index (χ4v) is 2.85. The summed E-state index contributed by atoms with van der Waals surface area (Å²) in [7, 11) is 0. The van der Waals surface area contributed by atoms with Gasteiger partial charge >= 0.3 is 0 Å². The molecule has 0 spiro atoms. The number of carbonyl (C=O) groups excluding carboxylic acids is 1. The molecule has 5 nitrogen and oxygen atoms in total. The maximum Gasteiger partial charge on any atom is 0.242 e. The first-order valence-corrected chi connectivity index (χ1v) is 7.69. The average Bonchev–Trinajstić information content (AvgIpc) is 3.00. The third kappa shape index (κ3) is 3.40. The van der Waals surface area contributed by atoms with E-state index in [1.54, 1.807) is 0 Å². The fraction of sp³-hybridized carbons (Fsp3) is 0.562. The minimum atomic E-state index is -0.270. The number of amides is 1. The second-order valence-electron chi connectivity index (χ2n) is 5.71. The second kappa shape index (κ2) is 6.24. The minimum Gasteiger partial charge on any atom is -0.486 e. The highest BCUT2D eigenvalue weighted by atomic mass is 16.6. The van der Waals surface area contributed by atoms with Crippen LogP contribution in [0.3, 0.4) is 0 Å². The molecule has 0 bridgehead atoms. The van der Waals surface area contributed by atoms with Crippen molar-refractivity contribution in [1.82, 2.24) is 5.32 Å². The van der Waals surface area contributed by atoms with Crippen LogP contribution in [0, 0.1) is 0 Å². The van der Waals surface area contributed by atoms with Crippen molar-refractivity contribution in [3.63, 3.8) is 0 Å². The quantitative estimate of drug-likeness (QED) is 0.893. The number of rotatable bonds is 4. The monoisotopic (exact) mass is 290 g/mol. The molecule has 1 atom stereocenters. The Morgan fingerprint density at radius 2 is 1.90 bits per heavy atom. The molecule has 1 aliphatic carbocycles. The van der Waals surface area contributed by atoms with E-state index in [9.17, 15) is 4.79 Å². The Balaban J connectivity index is 1.58. The summed E-state index contributed by atoms with van der Waals surface area (Å²) >= 11 is 0. The zero-order valence-corrected chi connectivity index (χ0v) is 12.4. The smallest absolute Gasteiger partial charge is 0.242 e. The highest BCUT2D eigenvalue weighted by Gasteiger charge is 2.21. The molecular formula is C16H22N2O3. The predicted molar refractivity (Wildman–Crippen MR) is 80.9 cm³/mol. The molecule has 1 saturated carbocycles. The molecule has 1 fully saturated rings. The Kier molecular flexibility index (Phi) is 4.18. The fourth-order valence-electron chi connectivity index (χ4n) is 2.85. The summed E-state index contributed by atoms with van der Waals surface area (Å²) < 4.78 is 11.0. The van der Waals surface area contributed by atoms with Gasteiger partial charge in [-0.1, -0.05) is 12.8 Å². The molecule has 114 valence electrons. The van der Waals surface area contributed by atoms with Crippen molar-refractivity contribution >= 4 is 11.6 Å². The molecule has 0 aromatic heterocycles. The van der Waals surface area contributed by atoms with Crippen molar-refractivity contribution in [2.75, 3.05) is 18.5 Å². The SMILES string of the molecule is CC(Nc1ccc2c(c1)OCCO2)C(=O)NC1CCCC1. The van der Waals surface area contributed by atoms with Crippen molar-refractivity contribution in [2.24, 2.45) is 0 Å². The van der Waals surface area contributed by atoms with Crippen molar-refractivity contribution in [3.8, 4) is 11.5 Å². The summed E-state index contributed by atoms with van der Waals surface area (Å²) in [5.41, 5.74) is 0.869. The lowest BCUT2D eigenvalue weighted by Gasteiger charge is -2.21. The number of anilines is 1. The normalized spacial score (nSPS) is 19.1. The van der Waals surface area contributed by atoms with Gasteiger partial charge in [0, 0.05) is 17.8 Å². The van der Waals surface area contributed by atoms with Gasteiger partial charge in [-0.05, 0) is 31.9 Å². The van der Waals surface area contributed by atoms with E-state index in [2.05, 4.69) is 10.6 Å². The summed E-state index contributed by atoms with van der Waals surface area (Å²) in [6.45, 7) is 3.02. The van der Waals surface area contributed by atoms with E-state index >= 15 is 0 Å². The number of fused-ring (bicyclic) bond motifs is 1. The molecule has 1 heterocycles. The molecular weight excluding hydrogens is 268 g/mol. The van der Waals surface area contributed by atoms with Gasteiger partial charge in [-0.25, -0.2) is 0 Å². The number of hydrogen-bond donors (Lipinski definition) is 2. The zero-order valence-electron chi connectivity index (χ0n) is 12.4. The topological polar surface area (TPSA) is 59.6 Å². The predicted octanol–water partition coefficient (Wildman–Crippen LogP) is 2.32. The molecule has 1 aromatic carbocycles. The number of hydrogen-bond acceptors (Lipinski definition) is 4. The van der Waals surface area contributed by atoms with Gasteiger partial charge in [0.15, 0.2) is 11.5 Å². The van der Waals surface area contributed by atoms with Crippen LogP contribution in [0.25, 0.3) is 0 Å². The Bertz CT molecular complexity index is 512. The number of ether oxygens (including phenoxy) is 2. The van der Waals surface area contributed by atoms with Crippen molar-refractivity contribution in [3.05, 3.63) is 18.2 Å². The van der Waals surface area contributed by atoms with Crippen LogP contribution in [-0.2, 0) is 4.79 Å². The molecule has 1 aromatic rings. The van der Waals surface area contributed by atoms with Crippen LogP contribution in [0.1, 0.15) is 32.6 Å². The highest BCUT2D eigenvalue weighted by molar-refractivity contribution is 5.84.